The van der Waals surface area contributed by atoms with Crippen LogP contribution in [0.15, 0.2) is 52.2 Å². The van der Waals surface area contributed by atoms with E-state index in [4.69, 9.17) is 9.15 Å². The van der Waals surface area contributed by atoms with Crippen molar-refractivity contribution in [2.75, 3.05) is 11.9 Å². The maximum atomic E-state index is 13.3. The number of carbonyl (C=O) groups is 3. The van der Waals surface area contributed by atoms with Crippen molar-refractivity contribution in [2.45, 2.75) is 57.0 Å². The number of carbonyl (C=O) groups excluding carboxylic acids is 3. The van der Waals surface area contributed by atoms with Gasteiger partial charge in [-0.1, -0.05) is 23.9 Å². The number of thioether (sulfide) groups is 1. The molecule has 5 rings (SSSR count). The summed E-state index contributed by atoms with van der Waals surface area (Å²) in [5, 5.41) is 14.9. The van der Waals surface area contributed by atoms with E-state index in [0.29, 0.717) is 21.5 Å². The van der Waals surface area contributed by atoms with Crippen molar-refractivity contribution in [2.24, 2.45) is 0 Å². The zero-order valence-electron chi connectivity index (χ0n) is 22.4. The number of anilines is 1. The summed E-state index contributed by atoms with van der Waals surface area (Å²) in [5.74, 6) is -0.339. The number of nitrogens with zero attached hydrogens (tertiary/aromatic N) is 3. The molecule has 1 aliphatic carbocycles. The molecule has 0 radical (unpaired) electrons. The zero-order chi connectivity index (χ0) is 28.2. The van der Waals surface area contributed by atoms with Crippen molar-refractivity contribution in [3.63, 3.8) is 0 Å². The largest absolute Gasteiger partial charge is 0.462 e. The van der Waals surface area contributed by atoms with E-state index in [1.165, 1.54) is 29.4 Å². The van der Waals surface area contributed by atoms with Gasteiger partial charge in [0.25, 0.3) is 5.91 Å². The molecule has 0 saturated heterocycles. The minimum absolute atomic E-state index is 0.102. The number of hydrogen-bond donors (Lipinski definition) is 2. The average Bonchev–Trinajstić information content (AvgIpc) is 3.72. The second-order valence-electron chi connectivity index (χ2n) is 9.26. The highest BCUT2D eigenvalue weighted by Crippen LogP contribution is 2.40. The Morgan fingerprint density at radius 3 is 2.80 bits per heavy atom. The SMILES string of the molecule is CCOC(=O)c1c(NC(=O)C(C)Sc2nnc(CNC(=O)c3ccco3)n2-c2cccc(C)c2)sc2c1CCC2. The fraction of sp³-hybridized carbons (Fsp3) is 0.321. The molecule has 1 atom stereocenters. The normalized spacial score (nSPS) is 13.1. The summed E-state index contributed by atoms with van der Waals surface area (Å²) in [5.41, 5.74) is 3.30. The van der Waals surface area contributed by atoms with Crippen LogP contribution in [0.4, 0.5) is 5.00 Å². The first-order valence-corrected chi connectivity index (χ1v) is 14.7. The first-order chi connectivity index (χ1) is 19.4. The molecule has 1 unspecified atom stereocenters. The van der Waals surface area contributed by atoms with Crippen molar-refractivity contribution < 1.29 is 23.5 Å². The molecule has 0 aliphatic heterocycles. The summed E-state index contributed by atoms with van der Waals surface area (Å²) >= 11 is 2.69. The van der Waals surface area contributed by atoms with Crippen LogP contribution in [0.25, 0.3) is 5.69 Å². The number of benzene rings is 1. The monoisotopic (exact) mass is 579 g/mol. The Morgan fingerprint density at radius 2 is 2.05 bits per heavy atom. The predicted molar refractivity (Wildman–Crippen MR) is 152 cm³/mol. The molecule has 4 aromatic rings. The van der Waals surface area contributed by atoms with Gasteiger partial charge >= 0.3 is 5.97 Å². The smallest absolute Gasteiger partial charge is 0.341 e. The third-order valence-electron chi connectivity index (χ3n) is 6.40. The Morgan fingerprint density at radius 1 is 1.20 bits per heavy atom. The van der Waals surface area contributed by atoms with Gasteiger partial charge in [-0.25, -0.2) is 4.79 Å². The molecular weight excluding hydrogens is 550 g/mol. The number of esters is 1. The number of aryl methyl sites for hydroxylation is 2. The van der Waals surface area contributed by atoms with Crippen molar-refractivity contribution in [1.82, 2.24) is 20.1 Å². The summed E-state index contributed by atoms with van der Waals surface area (Å²) < 4.78 is 12.3. The van der Waals surface area contributed by atoms with Gasteiger partial charge in [-0.15, -0.1) is 21.5 Å². The minimum atomic E-state index is -0.565. The molecule has 40 heavy (non-hydrogen) atoms. The molecular formula is C28H29N5O5S2. The Hall–Kier alpha value is -3.90. The highest BCUT2D eigenvalue weighted by molar-refractivity contribution is 8.00. The first kappa shape index (κ1) is 27.7. The van der Waals surface area contributed by atoms with Gasteiger partial charge in [0, 0.05) is 10.6 Å². The molecule has 2 amide bonds. The van der Waals surface area contributed by atoms with E-state index >= 15 is 0 Å². The Labute approximate surface area is 239 Å². The summed E-state index contributed by atoms with van der Waals surface area (Å²) in [4.78, 5) is 39.6. The number of ether oxygens (including phenoxy) is 1. The van der Waals surface area contributed by atoms with Crippen LogP contribution in [0.5, 0.6) is 0 Å². The number of aromatic nitrogens is 3. The second kappa shape index (κ2) is 12.1. The molecule has 0 bridgehead atoms. The molecule has 3 aromatic heterocycles. The lowest BCUT2D eigenvalue weighted by molar-refractivity contribution is -0.115. The highest BCUT2D eigenvalue weighted by atomic mass is 32.2. The van der Waals surface area contributed by atoms with Gasteiger partial charge in [0.05, 0.1) is 30.2 Å². The quantitative estimate of drug-likeness (QED) is 0.200. The van der Waals surface area contributed by atoms with Crippen molar-refractivity contribution >= 4 is 45.9 Å². The third-order valence-corrected chi connectivity index (χ3v) is 8.65. The van der Waals surface area contributed by atoms with Gasteiger partial charge in [0.2, 0.25) is 5.91 Å². The molecule has 1 aliphatic rings. The van der Waals surface area contributed by atoms with Crippen LogP contribution >= 0.6 is 23.1 Å². The first-order valence-electron chi connectivity index (χ1n) is 13.0. The molecule has 0 spiro atoms. The molecule has 208 valence electrons. The lowest BCUT2D eigenvalue weighted by Gasteiger charge is -2.15. The van der Waals surface area contributed by atoms with E-state index in [-0.39, 0.29) is 30.7 Å². The molecule has 12 heteroatoms. The molecule has 1 aromatic carbocycles. The van der Waals surface area contributed by atoms with Gasteiger partial charge in [-0.05, 0) is 75.4 Å². The number of thiophene rings is 1. The van der Waals surface area contributed by atoms with E-state index in [1.54, 1.807) is 26.0 Å². The van der Waals surface area contributed by atoms with Crippen molar-refractivity contribution in [3.8, 4) is 5.69 Å². The zero-order valence-corrected chi connectivity index (χ0v) is 24.0. The number of hydrogen-bond acceptors (Lipinski definition) is 9. The van der Waals surface area contributed by atoms with Gasteiger partial charge < -0.3 is 19.8 Å². The van der Waals surface area contributed by atoms with Crippen LogP contribution in [0.1, 0.15) is 63.0 Å². The van der Waals surface area contributed by atoms with Crippen LogP contribution < -0.4 is 10.6 Å². The Balaban J connectivity index is 1.36. The van der Waals surface area contributed by atoms with Crippen molar-refractivity contribution in [1.29, 1.82) is 0 Å². The second-order valence-corrected chi connectivity index (χ2v) is 11.7. The molecule has 0 saturated carbocycles. The number of amides is 2. The maximum Gasteiger partial charge on any atom is 0.341 e. The van der Waals surface area contributed by atoms with Gasteiger partial charge in [0.15, 0.2) is 16.7 Å². The Bertz CT molecular complexity index is 1540. The van der Waals surface area contributed by atoms with Gasteiger partial charge in [0.1, 0.15) is 5.00 Å². The fourth-order valence-corrected chi connectivity index (χ4v) is 6.68. The predicted octanol–water partition coefficient (Wildman–Crippen LogP) is 4.94. The van der Waals surface area contributed by atoms with Crippen molar-refractivity contribution in [3.05, 3.63) is 75.8 Å². The Kier molecular flexibility index (Phi) is 8.36. The summed E-state index contributed by atoms with van der Waals surface area (Å²) in [7, 11) is 0. The van der Waals surface area contributed by atoms with E-state index in [9.17, 15) is 14.4 Å². The van der Waals surface area contributed by atoms with Crippen LogP contribution in [0, 0.1) is 6.92 Å². The molecule has 2 N–H and O–H groups in total. The molecule has 3 heterocycles. The summed E-state index contributed by atoms with van der Waals surface area (Å²) in [6.45, 7) is 5.89. The number of nitrogens with one attached hydrogen (secondary N) is 2. The van der Waals surface area contributed by atoms with Gasteiger partial charge in [-0.3, -0.25) is 14.2 Å². The summed E-state index contributed by atoms with van der Waals surface area (Å²) in [6.07, 6.45) is 4.13. The minimum Gasteiger partial charge on any atom is -0.462 e. The number of fused-ring (bicyclic) bond motifs is 1. The van der Waals surface area contributed by atoms with Crippen LogP contribution in [-0.2, 0) is 28.9 Å². The van der Waals surface area contributed by atoms with Gasteiger partial charge in [-0.2, -0.15) is 0 Å². The highest BCUT2D eigenvalue weighted by Gasteiger charge is 2.30. The fourth-order valence-electron chi connectivity index (χ4n) is 4.51. The number of furan rings is 1. The van der Waals surface area contributed by atoms with E-state index < -0.39 is 11.2 Å². The topological polar surface area (TPSA) is 128 Å². The number of rotatable bonds is 10. The van der Waals surface area contributed by atoms with E-state index in [2.05, 4.69) is 20.8 Å². The van der Waals surface area contributed by atoms with Crippen LogP contribution in [0.3, 0.4) is 0 Å². The van der Waals surface area contributed by atoms with E-state index in [0.717, 1.165) is 41.0 Å². The average molecular weight is 580 g/mol. The van der Waals surface area contributed by atoms with E-state index in [1.807, 2.05) is 35.8 Å². The standard InChI is InChI=1S/C28H29N5O5S2/c1-4-37-27(36)23-19-10-6-12-21(19)40-26(23)30-24(34)17(3)39-28-32-31-22(15-29-25(35)20-11-7-13-38-20)33(28)18-9-5-8-16(2)14-18/h5,7-9,11,13-14,17H,4,6,10,12,15H2,1-3H3,(H,29,35)(H,30,34). The van der Waals surface area contributed by atoms with Crippen LogP contribution in [0.2, 0.25) is 0 Å². The maximum absolute atomic E-state index is 13.3. The lowest BCUT2D eigenvalue weighted by Crippen LogP contribution is -2.25. The third kappa shape index (κ3) is 5.82. The van der Waals surface area contributed by atoms with Crippen LogP contribution in [-0.4, -0.2) is 44.4 Å². The summed E-state index contributed by atoms with van der Waals surface area (Å²) in [6, 6.07) is 11.0. The molecule has 0 fully saturated rings. The molecule has 10 nitrogen and oxygen atoms in total. The lowest BCUT2D eigenvalue weighted by atomic mass is 10.1.